The van der Waals surface area contributed by atoms with Crippen molar-refractivity contribution in [3.05, 3.63) is 59.7 Å². The number of carbonyl (C=O) groups is 4. The lowest BCUT2D eigenvalue weighted by atomic mass is 10.1. The van der Waals surface area contributed by atoms with E-state index in [-0.39, 0.29) is 35.8 Å². The molecule has 7 heteroatoms. The zero-order chi connectivity index (χ0) is 22.4. The van der Waals surface area contributed by atoms with Crippen LogP contribution in [-0.4, -0.2) is 41.5 Å². The van der Waals surface area contributed by atoms with Crippen LogP contribution in [0.5, 0.6) is 0 Å². The summed E-state index contributed by atoms with van der Waals surface area (Å²) in [5, 5.41) is 5.61. The van der Waals surface area contributed by atoms with Crippen LogP contribution in [0.2, 0.25) is 0 Å². The first-order chi connectivity index (χ1) is 14.9. The Morgan fingerprint density at radius 3 is 2.10 bits per heavy atom. The van der Waals surface area contributed by atoms with Crippen molar-refractivity contribution in [3.63, 3.8) is 0 Å². The second-order valence-electron chi connectivity index (χ2n) is 7.75. The van der Waals surface area contributed by atoms with Crippen molar-refractivity contribution in [1.29, 1.82) is 0 Å². The molecule has 1 fully saturated rings. The maximum absolute atomic E-state index is 12.5. The Morgan fingerprint density at radius 2 is 1.52 bits per heavy atom. The van der Waals surface area contributed by atoms with Crippen LogP contribution in [-0.2, 0) is 9.59 Å². The fraction of sp³-hybridized carbons (Fsp3) is 0.333. The standard InChI is InChI=1S/C24H27N3O4/c1-3-4-13-27-15-19(14-22(27)29)24(31)26-21-11-7-18(8-12-21)23(30)25-20-9-5-17(6-10-20)16(2)28/h5-12,19H,3-4,13-15H2,1-2H3,(H,25,30)(H,26,31). The van der Waals surface area contributed by atoms with Gasteiger partial charge in [-0.1, -0.05) is 13.3 Å². The molecule has 7 nitrogen and oxygen atoms in total. The zero-order valence-electron chi connectivity index (χ0n) is 17.8. The van der Waals surface area contributed by atoms with E-state index >= 15 is 0 Å². The maximum atomic E-state index is 12.5. The van der Waals surface area contributed by atoms with E-state index in [1.807, 2.05) is 0 Å². The van der Waals surface area contributed by atoms with Gasteiger partial charge in [-0.3, -0.25) is 19.2 Å². The van der Waals surface area contributed by atoms with Crippen molar-refractivity contribution in [2.45, 2.75) is 33.1 Å². The molecule has 1 aliphatic heterocycles. The molecule has 0 bridgehead atoms. The number of unbranched alkanes of at least 4 members (excludes halogenated alkanes) is 1. The summed E-state index contributed by atoms with van der Waals surface area (Å²) in [5.74, 6) is -0.843. The van der Waals surface area contributed by atoms with Crippen molar-refractivity contribution < 1.29 is 19.2 Å². The molecule has 31 heavy (non-hydrogen) atoms. The Balaban J connectivity index is 1.55. The van der Waals surface area contributed by atoms with E-state index in [9.17, 15) is 19.2 Å². The molecule has 0 radical (unpaired) electrons. The minimum absolute atomic E-state index is 0.0250. The van der Waals surface area contributed by atoms with Gasteiger partial charge >= 0.3 is 0 Å². The first-order valence-corrected chi connectivity index (χ1v) is 10.5. The number of likely N-dealkylation sites (tertiary alicyclic amines) is 1. The number of rotatable bonds is 8. The first kappa shape index (κ1) is 22.2. The van der Waals surface area contributed by atoms with Crippen molar-refractivity contribution in [2.24, 2.45) is 5.92 Å². The molecule has 1 heterocycles. The summed E-state index contributed by atoms with van der Waals surface area (Å²) >= 11 is 0. The van der Waals surface area contributed by atoms with E-state index in [1.165, 1.54) is 6.92 Å². The molecule has 0 saturated carbocycles. The van der Waals surface area contributed by atoms with Crippen LogP contribution >= 0.6 is 0 Å². The van der Waals surface area contributed by atoms with Gasteiger partial charge in [0.15, 0.2) is 5.78 Å². The number of carbonyl (C=O) groups excluding carboxylic acids is 4. The smallest absolute Gasteiger partial charge is 0.255 e. The molecule has 1 saturated heterocycles. The van der Waals surface area contributed by atoms with Crippen molar-refractivity contribution in [2.75, 3.05) is 23.7 Å². The minimum Gasteiger partial charge on any atom is -0.342 e. The zero-order valence-corrected chi connectivity index (χ0v) is 17.8. The molecular weight excluding hydrogens is 394 g/mol. The van der Waals surface area contributed by atoms with Crippen molar-refractivity contribution in [1.82, 2.24) is 4.90 Å². The van der Waals surface area contributed by atoms with E-state index in [0.717, 1.165) is 12.8 Å². The third-order valence-corrected chi connectivity index (χ3v) is 5.33. The predicted molar refractivity (Wildman–Crippen MR) is 119 cm³/mol. The second-order valence-corrected chi connectivity index (χ2v) is 7.75. The van der Waals surface area contributed by atoms with E-state index < -0.39 is 0 Å². The lowest BCUT2D eigenvalue weighted by Crippen LogP contribution is -2.29. The van der Waals surface area contributed by atoms with Crippen LogP contribution < -0.4 is 10.6 Å². The van der Waals surface area contributed by atoms with Crippen LogP contribution in [0, 0.1) is 5.92 Å². The molecule has 3 rings (SSSR count). The molecule has 2 N–H and O–H groups in total. The molecule has 0 aliphatic carbocycles. The number of ketones is 1. The van der Waals surface area contributed by atoms with Crippen LogP contribution in [0.1, 0.15) is 53.8 Å². The Morgan fingerprint density at radius 1 is 0.935 bits per heavy atom. The van der Waals surface area contributed by atoms with Gasteiger partial charge in [0.1, 0.15) is 0 Å². The lowest BCUT2D eigenvalue weighted by Gasteiger charge is -2.16. The highest BCUT2D eigenvalue weighted by atomic mass is 16.2. The molecule has 1 aliphatic rings. The number of Topliss-reactive ketones (excluding diaryl/α,β-unsaturated/α-hetero) is 1. The van der Waals surface area contributed by atoms with Crippen molar-refractivity contribution in [3.8, 4) is 0 Å². The number of hydrogen-bond acceptors (Lipinski definition) is 4. The molecule has 1 unspecified atom stereocenters. The van der Waals surface area contributed by atoms with E-state index in [0.29, 0.717) is 35.6 Å². The van der Waals surface area contributed by atoms with E-state index in [4.69, 9.17) is 0 Å². The van der Waals surface area contributed by atoms with E-state index in [2.05, 4.69) is 17.6 Å². The summed E-state index contributed by atoms with van der Waals surface area (Å²) in [7, 11) is 0. The highest BCUT2D eigenvalue weighted by Gasteiger charge is 2.33. The molecule has 3 amide bonds. The lowest BCUT2D eigenvalue weighted by molar-refractivity contribution is -0.128. The van der Waals surface area contributed by atoms with Gasteiger partial charge in [0.2, 0.25) is 11.8 Å². The third kappa shape index (κ3) is 5.78. The topological polar surface area (TPSA) is 95.6 Å². The Bertz CT molecular complexity index is 967. The fourth-order valence-corrected chi connectivity index (χ4v) is 3.45. The predicted octanol–water partition coefficient (Wildman–Crippen LogP) is 3.73. The first-order valence-electron chi connectivity index (χ1n) is 10.5. The SMILES string of the molecule is CCCCN1CC(C(=O)Nc2ccc(C(=O)Nc3ccc(C(C)=O)cc3)cc2)CC1=O. The van der Waals surface area contributed by atoms with Crippen molar-refractivity contribution >= 4 is 34.9 Å². The van der Waals surface area contributed by atoms with Crippen LogP contribution in [0.15, 0.2) is 48.5 Å². The normalized spacial score (nSPS) is 15.6. The molecule has 2 aromatic carbocycles. The summed E-state index contributed by atoms with van der Waals surface area (Å²) in [4.78, 5) is 50.1. The number of hydrogen-bond donors (Lipinski definition) is 2. The Labute approximate surface area is 181 Å². The number of benzene rings is 2. The van der Waals surface area contributed by atoms with Crippen LogP contribution in [0.3, 0.4) is 0 Å². The van der Waals surface area contributed by atoms with Crippen LogP contribution in [0.4, 0.5) is 11.4 Å². The summed E-state index contributed by atoms with van der Waals surface area (Å²) in [6.07, 6.45) is 2.17. The molecular formula is C24H27N3O4. The van der Waals surface area contributed by atoms with Gasteiger partial charge in [-0.15, -0.1) is 0 Å². The molecule has 162 valence electrons. The second kappa shape index (κ2) is 10.0. The summed E-state index contributed by atoms with van der Waals surface area (Å²) < 4.78 is 0. The van der Waals surface area contributed by atoms with Gasteiger partial charge in [0, 0.05) is 42.0 Å². The fourth-order valence-electron chi connectivity index (χ4n) is 3.45. The average molecular weight is 421 g/mol. The van der Waals surface area contributed by atoms with Gasteiger partial charge in [0.25, 0.3) is 5.91 Å². The number of anilines is 2. The van der Waals surface area contributed by atoms with Crippen LogP contribution in [0.25, 0.3) is 0 Å². The summed E-state index contributed by atoms with van der Waals surface area (Å²) in [6, 6.07) is 13.3. The van der Waals surface area contributed by atoms with E-state index in [1.54, 1.807) is 53.4 Å². The van der Waals surface area contributed by atoms with Gasteiger partial charge in [-0.05, 0) is 61.9 Å². The maximum Gasteiger partial charge on any atom is 0.255 e. The molecule has 1 atom stereocenters. The van der Waals surface area contributed by atoms with Gasteiger partial charge in [-0.2, -0.15) is 0 Å². The summed E-state index contributed by atoms with van der Waals surface area (Å²) in [5.41, 5.74) is 2.18. The Hall–Kier alpha value is -3.48. The highest BCUT2D eigenvalue weighted by Crippen LogP contribution is 2.21. The quantitative estimate of drug-likeness (QED) is 0.635. The number of amides is 3. The highest BCUT2D eigenvalue weighted by molar-refractivity contribution is 6.05. The third-order valence-electron chi connectivity index (χ3n) is 5.33. The van der Waals surface area contributed by atoms with Gasteiger partial charge in [-0.25, -0.2) is 0 Å². The average Bonchev–Trinajstić information content (AvgIpc) is 3.13. The van der Waals surface area contributed by atoms with Gasteiger partial charge < -0.3 is 15.5 Å². The molecule has 0 spiro atoms. The number of nitrogens with one attached hydrogen (secondary N) is 2. The molecule has 0 aromatic heterocycles. The van der Waals surface area contributed by atoms with Gasteiger partial charge in [0.05, 0.1) is 5.92 Å². The minimum atomic E-state index is -0.356. The number of nitrogens with zero attached hydrogens (tertiary/aromatic N) is 1. The molecule has 2 aromatic rings. The monoisotopic (exact) mass is 421 g/mol. The Kier molecular flexibility index (Phi) is 7.18. The largest absolute Gasteiger partial charge is 0.342 e. The summed E-state index contributed by atoms with van der Waals surface area (Å²) in [6.45, 7) is 4.70.